The van der Waals surface area contributed by atoms with Crippen LogP contribution in [0.4, 0.5) is 0 Å². The zero-order valence-electron chi connectivity index (χ0n) is 15.3. The number of aryl methyl sites for hydroxylation is 1. The number of carbonyl (C=O) groups is 2. The quantitative estimate of drug-likeness (QED) is 0.513. The van der Waals surface area contributed by atoms with E-state index in [1.807, 2.05) is 42.5 Å². The lowest BCUT2D eigenvalue weighted by Crippen LogP contribution is -2.43. The Kier molecular flexibility index (Phi) is 6.51. The second kappa shape index (κ2) is 9.05. The van der Waals surface area contributed by atoms with Crippen LogP contribution in [0, 0.1) is 5.41 Å². The van der Waals surface area contributed by atoms with Gasteiger partial charge in [-0.15, -0.1) is 0 Å². The molecule has 1 saturated carbocycles. The van der Waals surface area contributed by atoms with Crippen LogP contribution < -0.4 is 10.6 Å². The number of benzene rings is 2. The molecule has 2 aromatic carbocycles. The Morgan fingerprint density at radius 3 is 2.19 bits per heavy atom. The van der Waals surface area contributed by atoms with Crippen molar-refractivity contribution in [3.8, 4) is 0 Å². The molecule has 0 saturated heterocycles. The summed E-state index contributed by atoms with van der Waals surface area (Å²) in [4.78, 5) is 25.0. The van der Waals surface area contributed by atoms with Crippen LogP contribution in [0.1, 0.15) is 30.4 Å². The van der Waals surface area contributed by atoms with Gasteiger partial charge >= 0.3 is 0 Å². The topological polar surface area (TPSA) is 58.2 Å². The summed E-state index contributed by atoms with van der Waals surface area (Å²) in [5.41, 5.74) is 1.46. The Hall–Kier alpha value is -2.33. The molecule has 0 radical (unpaired) electrons. The van der Waals surface area contributed by atoms with Crippen LogP contribution in [0.15, 0.2) is 54.6 Å². The molecule has 0 aromatic heterocycles. The van der Waals surface area contributed by atoms with Gasteiger partial charge in [0, 0.05) is 18.1 Å². The smallest absolute Gasteiger partial charge is 0.235 e. The van der Waals surface area contributed by atoms with Crippen molar-refractivity contribution in [1.29, 1.82) is 0 Å². The molecular weight excluding hydrogens is 360 g/mol. The Morgan fingerprint density at radius 1 is 0.852 bits per heavy atom. The van der Waals surface area contributed by atoms with Crippen LogP contribution in [-0.4, -0.2) is 24.9 Å². The lowest BCUT2D eigenvalue weighted by molar-refractivity contribution is -0.137. The number of nitrogens with one attached hydrogen (secondary N) is 2. The van der Waals surface area contributed by atoms with Crippen molar-refractivity contribution in [1.82, 2.24) is 10.6 Å². The van der Waals surface area contributed by atoms with E-state index in [1.165, 1.54) is 5.56 Å². The van der Waals surface area contributed by atoms with Gasteiger partial charge in [-0.25, -0.2) is 0 Å². The monoisotopic (exact) mass is 384 g/mol. The summed E-state index contributed by atoms with van der Waals surface area (Å²) in [6.07, 6.45) is 3.73. The van der Waals surface area contributed by atoms with Gasteiger partial charge < -0.3 is 10.6 Å². The van der Waals surface area contributed by atoms with Crippen molar-refractivity contribution in [3.05, 3.63) is 70.7 Å². The average Bonchev–Trinajstić information content (AvgIpc) is 3.48. The van der Waals surface area contributed by atoms with E-state index in [4.69, 9.17) is 11.6 Å². The first-order chi connectivity index (χ1) is 13.1. The SMILES string of the molecule is O=C(NCCCc1ccccc1)C1(C(=O)NCCc2cccc(Cl)c2)CC1. The van der Waals surface area contributed by atoms with Crippen LogP contribution in [0.5, 0.6) is 0 Å². The largest absolute Gasteiger partial charge is 0.355 e. The van der Waals surface area contributed by atoms with Crippen LogP contribution >= 0.6 is 11.6 Å². The molecule has 1 aliphatic carbocycles. The predicted octanol–water partition coefficient (Wildman–Crippen LogP) is 3.53. The minimum atomic E-state index is -0.860. The molecule has 1 fully saturated rings. The second-order valence-corrected chi connectivity index (χ2v) is 7.50. The van der Waals surface area contributed by atoms with Crippen LogP contribution in [-0.2, 0) is 22.4 Å². The molecule has 2 N–H and O–H groups in total. The molecular formula is C22H25ClN2O2. The molecule has 0 atom stereocenters. The average molecular weight is 385 g/mol. The Bertz CT molecular complexity index is 788. The molecule has 4 nitrogen and oxygen atoms in total. The highest BCUT2D eigenvalue weighted by Gasteiger charge is 2.56. The van der Waals surface area contributed by atoms with Gasteiger partial charge in [0.15, 0.2) is 0 Å². The van der Waals surface area contributed by atoms with E-state index in [-0.39, 0.29) is 11.8 Å². The standard InChI is InChI=1S/C22H25ClN2O2/c23-19-10-4-8-18(16-19)11-15-25-21(27)22(12-13-22)20(26)24-14-5-9-17-6-2-1-3-7-17/h1-4,6-8,10,16H,5,9,11-15H2,(H,24,26)(H,25,27). The first kappa shape index (κ1) is 19.4. The van der Waals surface area contributed by atoms with Crippen molar-refractivity contribution >= 4 is 23.4 Å². The van der Waals surface area contributed by atoms with Crippen molar-refractivity contribution in [3.63, 3.8) is 0 Å². The van der Waals surface area contributed by atoms with E-state index >= 15 is 0 Å². The minimum absolute atomic E-state index is 0.143. The first-order valence-electron chi connectivity index (χ1n) is 9.45. The van der Waals surface area contributed by atoms with E-state index in [0.29, 0.717) is 37.4 Å². The predicted molar refractivity (Wildman–Crippen MR) is 108 cm³/mol. The van der Waals surface area contributed by atoms with Crippen molar-refractivity contribution in [2.24, 2.45) is 5.41 Å². The summed E-state index contributed by atoms with van der Waals surface area (Å²) in [6.45, 7) is 1.09. The zero-order chi connectivity index (χ0) is 19.1. The van der Waals surface area contributed by atoms with Gasteiger partial charge in [0.25, 0.3) is 0 Å². The van der Waals surface area contributed by atoms with Gasteiger partial charge in [-0.1, -0.05) is 54.1 Å². The Labute approximate surface area is 165 Å². The summed E-state index contributed by atoms with van der Waals surface area (Å²) < 4.78 is 0. The summed E-state index contributed by atoms with van der Waals surface area (Å²) in [7, 11) is 0. The van der Waals surface area contributed by atoms with Gasteiger partial charge in [-0.3, -0.25) is 9.59 Å². The van der Waals surface area contributed by atoms with Crippen molar-refractivity contribution in [2.75, 3.05) is 13.1 Å². The number of hydrogen-bond acceptors (Lipinski definition) is 2. The molecule has 27 heavy (non-hydrogen) atoms. The molecule has 1 aliphatic rings. The molecule has 0 heterocycles. The molecule has 5 heteroatoms. The molecule has 2 aromatic rings. The third kappa shape index (κ3) is 5.33. The molecule has 3 rings (SSSR count). The second-order valence-electron chi connectivity index (χ2n) is 7.06. The highest BCUT2D eigenvalue weighted by molar-refractivity contribution is 6.30. The van der Waals surface area contributed by atoms with E-state index in [9.17, 15) is 9.59 Å². The maximum absolute atomic E-state index is 12.5. The summed E-state index contributed by atoms with van der Waals surface area (Å²) in [5.74, 6) is -0.305. The van der Waals surface area contributed by atoms with E-state index in [0.717, 1.165) is 18.4 Å². The van der Waals surface area contributed by atoms with Gasteiger partial charge in [0.1, 0.15) is 5.41 Å². The fourth-order valence-electron chi connectivity index (χ4n) is 3.17. The highest BCUT2D eigenvalue weighted by atomic mass is 35.5. The number of carbonyl (C=O) groups excluding carboxylic acids is 2. The first-order valence-corrected chi connectivity index (χ1v) is 9.83. The highest BCUT2D eigenvalue weighted by Crippen LogP contribution is 2.46. The zero-order valence-corrected chi connectivity index (χ0v) is 16.1. The molecule has 2 amide bonds. The molecule has 0 spiro atoms. The van der Waals surface area contributed by atoms with Gasteiger partial charge in [-0.05, 0) is 55.4 Å². The number of rotatable bonds is 9. The minimum Gasteiger partial charge on any atom is -0.355 e. The lowest BCUT2D eigenvalue weighted by Gasteiger charge is -2.15. The fourth-order valence-corrected chi connectivity index (χ4v) is 3.39. The Morgan fingerprint density at radius 2 is 1.52 bits per heavy atom. The van der Waals surface area contributed by atoms with Crippen molar-refractivity contribution < 1.29 is 9.59 Å². The molecule has 0 bridgehead atoms. The van der Waals surface area contributed by atoms with Crippen LogP contribution in [0.25, 0.3) is 0 Å². The van der Waals surface area contributed by atoms with Crippen LogP contribution in [0.2, 0.25) is 5.02 Å². The summed E-state index contributed by atoms with van der Waals surface area (Å²) >= 11 is 5.97. The van der Waals surface area contributed by atoms with E-state index < -0.39 is 5.41 Å². The van der Waals surface area contributed by atoms with E-state index in [1.54, 1.807) is 0 Å². The molecule has 0 unspecified atom stereocenters. The van der Waals surface area contributed by atoms with Crippen molar-refractivity contribution in [2.45, 2.75) is 32.1 Å². The van der Waals surface area contributed by atoms with E-state index in [2.05, 4.69) is 22.8 Å². The molecule has 0 aliphatic heterocycles. The summed E-state index contributed by atoms with van der Waals surface area (Å²) in [5, 5.41) is 6.53. The van der Waals surface area contributed by atoms with Gasteiger partial charge in [0.2, 0.25) is 11.8 Å². The third-order valence-electron chi connectivity index (χ3n) is 4.98. The fraction of sp³-hybridized carbons (Fsp3) is 0.364. The lowest BCUT2D eigenvalue weighted by atomic mass is 10.0. The number of hydrogen-bond donors (Lipinski definition) is 2. The number of halogens is 1. The summed E-state index contributed by atoms with van der Waals surface area (Å²) in [6, 6.07) is 17.8. The Balaban J connectivity index is 1.39. The third-order valence-corrected chi connectivity index (χ3v) is 5.21. The normalized spacial score (nSPS) is 14.4. The maximum atomic E-state index is 12.5. The van der Waals surface area contributed by atoms with Crippen LogP contribution in [0.3, 0.4) is 0 Å². The molecule has 142 valence electrons. The maximum Gasteiger partial charge on any atom is 0.235 e. The van der Waals surface area contributed by atoms with Gasteiger partial charge in [-0.2, -0.15) is 0 Å². The van der Waals surface area contributed by atoms with Gasteiger partial charge in [0.05, 0.1) is 0 Å². The number of amides is 2.